The SMILES string of the molecule is CCCN(C(C)C)S(=O)(=O)c1cccnc1C(N)=S. The second-order valence-corrected chi connectivity index (χ2v) is 6.72. The minimum atomic E-state index is -3.63. The molecule has 1 aromatic heterocycles. The van der Waals surface area contributed by atoms with E-state index in [1.165, 1.54) is 16.6 Å². The van der Waals surface area contributed by atoms with Crippen molar-refractivity contribution >= 4 is 27.2 Å². The molecule has 1 rings (SSSR count). The Balaban J connectivity index is 3.37. The number of thiocarbonyl (C=S) groups is 1. The van der Waals surface area contributed by atoms with Crippen LogP contribution in [0.25, 0.3) is 0 Å². The molecule has 0 aromatic carbocycles. The molecule has 1 heterocycles. The minimum absolute atomic E-state index is 0.0145. The summed E-state index contributed by atoms with van der Waals surface area (Å²) in [5.41, 5.74) is 5.70. The van der Waals surface area contributed by atoms with Crippen LogP contribution < -0.4 is 5.73 Å². The quantitative estimate of drug-likeness (QED) is 0.806. The number of aromatic nitrogens is 1. The lowest BCUT2D eigenvalue weighted by Crippen LogP contribution is -2.38. The summed E-state index contributed by atoms with van der Waals surface area (Å²) in [6.07, 6.45) is 2.22. The van der Waals surface area contributed by atoms with Gasteiger partial charge < -0.3 is 5.73 Å². The summed E-state index contributed by atoms with van der Waals surface area (Å²) < 4.78 is 26.8. The van der Waals surface area contributed by atoms with Gasteiger partial charge in [-0.1, -0.05) is 19.1 Å². The number of sulfonamides is 1. The van der Waals surface area contributed by atoms with Gasteiger partial charge in [0.15, 0.2) is 0 Å². The average Bonchev–Trinajstić information content (AvgIpc) is 2.35. The minimum Gasteiger partial charge on any atom is -0.388 e. The number of pyridine rings is 1. The Bertz CT molecular complexity index is 556. The van der Waals surface area contributed by atoms with E-state index in [2.05, 4.69) is 4.98 Å². The molecular weight excluding hydrogens is 282 g/mol. The van der Waals surface area contributed by atoms with E-state index in [-0.39, 0.29) is 21.6 Å². The van der Waals surface area contributed by atoms with Crippen molar-refractivity contribution in [2.45, 2.75) is 38.1 Å². The largest absolute Gasteiger partial charge is 0.388 e. The van der Waals surface area contributed by atoms with Gasteiger partial charge in [-0.05, 0) is 32.4 Å². The molecule has 0 radical (unpaired) electrons. The molecule has 0 aliphatic carbocycles. The number of nitrogens with two attached hydrogens (primary N) is 1. The van der Waals surface area contributed by atoms with Crippen LogP contribution in [0.3, 0.4) is 0 Å². The Hall–Kier alpha value is -1.05. The fourth-order valence-electron chi connectivity index (χ4n) is 1.79. The van der Waals surface area contributed by atoms with E-state index < -0.39 is 10.0 Å². The van der Waals surface area contributed by atoms with Crippen molar-refractivity contribution in [3.63, 3.8) is 0 Å². The van der Waals surface area contributed by atoms with Gasteiger partial charge >= 0.3 is 0 Å². The first-order chi connectivity index (χ1) is 8.82. The van der Waals surface area contributed by atoms with Gasteiger partial charge in [0.05, 0.1) is 0 Å². The third-order valence-electron chi connectivity index (χ3n) is 2.61. The highest BCUT2D eigenvalue weighted by Crippen LogP contribution is 2.21. The van der Waals surface area contributed by atoms with E-state index in [4.69, 9.17) is 18.0 Å². The van der Waals surface area contributed by atoms with Crippen LogP contribution in [-0.4, -0.2) is 35.3 Å². The summed E-state index contributed by atoms with van der Waals surface area (Å²) in [6.45, 7) is 6.06. The maximum atomic E-state index is 12.7. The van der Waals surface area contributed by atoms with Crippen molar-refractivity contribution in [3.8, 4) is 0 Å². The van der Waals surface area contributed by atoms with Crippen LogP contribution in [0.4, 0.5) is 0 Å². The van der Waals surface area contributed by atoms with Crippen molar-refractivity contribution in [1.82, 2.24) is 9.29 Å². The summed E-state index contributed by atoms with van der Waals surface area (Å²) in [6, 6.07) is 2.92. The van der Waals surface area contributed by atoms with Crippen molar-refractivity contribution in [3.05, 3.63) is 24.0 Å². The Morgan fingerprint density at radius 2 is 2.16 bits per heavy atom. The average molecular weight is 301 g/mol. The van der Waals surface area contributed by atoms with Crippen LogP contribution >= 0.6 is 12.2 Å². The molecule has 0 atom stereocenters. The van der Waals surface area contributed by atoms with Gasteiger partial charge in [0.1, 0.15) is 15.6 Å². The molecule has 1 aromatic rings. The Morgan fingerprint density at radius 3 is 2.63 bits per heavy atom. The van der Waals surface area contributed by atoms with Crippen molar-refractivity contribution in [1.29, 1.82) is 0 Å². The first kappa shape index (κ1) is 16.0. The van der Waals surface area contributed by atoms with Crippen molar-refractivity contribution in [2.24, 2.45) is 5.73 Å². The zero-order valence-corrected chi connectivity index (χ0v) is 13.0. The van der Waals surface area contributed by atoms with Crippen LogP contribution in [0.2, 0.25) is 0 Å². The summed E-state index contributed by atoms with van der Waals surface area (Å²) in [5, 5.41) is 0. The molecule has 0 bridgehead atoms. The van der Waals surface area contributed by atoms with Gasteiger partial charge in [0.2, 0.25) is 10.0 Å². The topological polar surface area (TPSA) is 76.3 Å². The predicted octanol–water partition coefficient (Wildman–Crippen LogP) is 1.52. The molecule has 106 valence electrons. The third-order valence-corrected chi connectivity index (χ3v) is 4.91. The highest BCUT2D eigenvalue weighted by atomic mass is 32.2. The molecule has 2 N–H and O–H groups in total. The predicted molar refractivity (Wildman–Crippen MR) is 79.4 cm³/mol. The Morgan fingerprint density at radius 1 is 1.53 bits per heavy atom. The van der Waals surface area contributed by atoms with E-state index in [1.54, 1.807) is 6.07 Å². The van der Waals surface area contributed by atoms with Crippen LogP contribution in [0, 0.1) is 0 Å². The third kappa shape index (κ3) is 3.49. The fourth-order valence-corrected chi connectivity index (χ4v) is 3.90. The maximum Gasteiger partial charge on any atom is 0.245 e. The highest BCUT2D eigenvalue weighted by Gasteiger charge is 2.29. The van der Waals surface area contributed by atoms with Crippen LogP contribution in [0.15, 0.2) is 23.2 Å². The zero-order valence-electron chi connectivity index (χ0n) is 11.3. The van der Waals surface area contributed by atoms with Crippen LogP contribution in [0.1, 0.15) is 32.9 Å². The Labute approximate surface area is 119 Å². The van der Waals surface area contributed by atoms with Gasteiger partial charge in [0, 0.05) is 18.8 Å². The van der Waals surface area contributed by atoms with Gasteiger partial charge in [-0.15, -0.1) is 0 Å². The summed E-state index contributed by atoms with van der Waals surface area (Å²) >= 11 is 4.87. The smallest absolute Gasteiger partial charge is 0.245 e. The lowest BCUT2D eigenvalue weighted by atomic mass is 10.3. The molecule has 0 saturated carbocycles. The summed E-state index contributed by atoms with van der Waals surface area (Å²) in [4.78, 5) is 4.03. The van der Waals surface area contributed by atoms with Crippen LogP contribution in [-0.2, 0) is 10.0 Å². The zero-order chi connectivity index (χ0) is 14.6. The molecular formula is C12H19N3O2S2. The molecule has 0 spiro atoms. The summed E-state index contributed by atoms with van der Waals surface area (Å²) in [5.74, 6) is 0. The maximum absolute atomic E-state index is 12.7. The molecule has 19 heavy (non-hydrogen) atoms. The lowest BCUT2D eigenvalue weighted by Gasteiger charge is -2.26. The second kappa shape index (κ2) is 6.40. The fraction of sp³-hybridized carbons (Fsp3) is 0.500. The summed E-state index contributed by atoms with van der Waals surface area (Å²) in [7, 11) is -3.63. The normalized spacial score (nSPS) is 12.1. The van der Waals surface area contributed by atoms with Gasteiger partial charge in [-0.25, -0.2) is 8.42 Å². The highest BCUT2D eigenvalue weighted by molar-refractivity contribution is 7.89. The van der Waals surface area contributed by atoms with Gasteiger partial charge in [-0.2, -0.15) is 4.31 Å². The standard InChI is InChI=1S/C12H19N3O2S2/c1-4-8-15(9(2)3)19(16,17)10-6-5-7-14-11(10)12(13)18/h5-7,9H,4,8H2,1-3H3,(H2,13,18). The number of hydrogen-bond acceptors (Lipinski definition) is 4. The molecule has 7 heteroatoms. The van der Waals surface area contributed by atoms with Crippen LogP contribution in [0.5, 0.6) is 0 Å². The second-order valence-electron chi connectivity index (χ2n) is 4.42. The Kier molecular flexibility index (Phi) is 5.39. The van der Waals surface area contributed by atoms with Gasteiger partial charge in [0.25, 0.3) is 0 Å². The van der Waals surface area contributed by atoms with Crippen molar-refractivity contribution in [2.75, 3.05) is 6.54 Å². The number of nitrogens with zero attached hydrogens (tertiary/aromatic N) is 2. The lowest BCUT2D eigenvalue weighted by molar-refractivity contribution is 0.354. The molecule has 0 aliphatic heterocycles. The van der Waals surface area contributed by atoms with Gasteiger partial charge in [-0.3, -0.25) is 4.98 Å². The van der Waals surface area contributed by atoms with E-state index in [0.29, 0.717) is 6.54 Å². The number of hydrogen-bond donors (Lipinski definition) is 1. The monoisotopic (exact) mass is 301 g/mol. The van der Waals surface area contributed by atoms with E-state index in [1.807, 2.05) is 20.8 Å². The molecule has 0 aliphatic rings. The molecule has 0 unspecified atom stereocenters. The number of rotatable bonds is 6. The van der Waals surface area contributed by atoms with E-state index in [0.717, 1.165) is 6.42 Å². The van der Waals surface area contributed by atoms with E-state index >= 15 is 0 Å². The molecule has 0 amide bonds. The molecule has 5 nitrogen and oxygen atoms in total. The first-order valence-electron chi connectivity index (χ1n) is 6.09. The first-order valence-corrected chi connectivity index (χ1v) is 7.93. The van der Waals surface area contributed by atoms with E-state index in [9.17, 15) is 8.42 Å². The molecule has 0 fully saturated rings. The van der Waals surface area contributed by atoms with Crippen molar-refractivity contribution < 1.29 is 8.42 Å². The molecule has 0 saturated heterocycles.